The Balaban J connectivity index is 1.60. The van der Waals surface area contributed by atoms with Crippen molar-refractivity contribution in [3.05, 3.63) is 48.2 Å². The fraction of sp³-hybridized carbons (Fsp3) is 0.400. The van der Waals surface area contributed by atoms with E-state index in [1.807, 2.05) is 6.07 Å². The van der Waals surface area contributed by atoms with Crippen molar-refractivity contribution in [1.82, 2.24) is 25.3 Å². The van der Waals surface area contributed by atoms with Crippen LogP contribution < -0.4 is 10.6 Å². The number of hydrogen-bond donors (Lipinski definition) is 3. The second-order valence-corrected chi connectivity index (χ2v) is 8.72. The lowest BCUT2D eigenvalue weighted by molar-refractivity contribution is -0.231. The highest BCUT2D eigenvalue weighted by Crippen LogP contribution is 2.35. The molecule has 0 unspecified atom stereocenters. The highest BCUT2D eigenvalue weighted by atomic mass is 19.1. The number of aromatic nitrogens is 4. The van der Waals surface area contributed by atoms with Crippen molar-refractivity contribution in [2.75, 3.05) is 31.6 Å². The van der Waals surface area contributed by atoms with E-state index in [0.29, 0.717) is 34.4 Å². The topological polar surface area (TPSA) is 138 Å². The molecule has 1 aliphatic rings. The molecule has 2 aromatic heterocycles. The van der Waals surface area contributed by atoms with Crippen LogP contribution in [0.25, 0.3) is 22.6 Å². The van der Waals surface area contributed by atoms with Crippen molar-refractivity contribution in [3.8, 4) is 28.7 Å². The molecule has 188 valence electrons. The first-order chi connectivity index (χ1) is 17.4. The van der Waals surface area contributed by atoms with E-state index in [2.05, 4.69) is 32.5 Å². The molecule has 1 aromatic carbocycles. The Hall–Kier alpha value is -3.88. The number of carbonyl (C=O) groups excluding carboxylic acids is 1. The smallest absolute Gasteiger partial charge is 0.230 e. The van der Waals surface area contributed by atoms with Crippen LogP contribution in [0.15, 0.2) is 36.5 Å². The van der Waals surface area contributed by atoms with Gasteiger partial charge in [0.25, 0.3) is 0 Å². The summed E-state index contributed by atoms with van der Waals surface area (Å²) in [6.45, 7) is 5.01. The molecule has 11 heteroatoms. The van der Waals surface area contributed by atoms with E-state index >= 15 is 0 Å². The molecule has 0 spiro atoms. The van der Waals surface area contributed by atoms with Gasteiger partial charge in [-0.15, -0.1) is 0 Å². The van der Waals surface area contributed by atoms with Gasteiger partial charge in [-0.05, 0) is 43.7 Å². The van der Waals surface area contributed by atoms with Crippen LogP contribution in [0, 0.1) is 22.6 Å². The van der Waals surface area contributed by atoms with E-state index in [9.17, 15) is 9.18 Å². The van der Waals surface area contributed by atoms with Gasteiger partial charge in [0.05, 0.1) is 48.2 Å². The van der Waals surface area contributed by atoms with Gasteiger partial charge in [0.1, 0.15) is 5.82 Å². The highest BCUT2D eigenvalue weighted by Gasteiger charge is 2.40. The lowest BCUT2D eigenvalue weighted by Crippen LogP contribution is -2.48. The minimum absolute atomic E-state index is 0.108. The molecule has 1 aliphatic heterocycles. The van der Waals surface area contributed by atoms with Crippen molar-refractivity contribution in [1.29, 1.82) is 5.26 Å². The molecule has 3 heterocycles. The largest absolute Gasteiger partial charge is 0.354 e. The van der Waals surface area contributed by atoms with Crippen LogP contribution in [0.4, 0.5) is 10.3 Å². The predicted molar refractivity (Wildman–Crippen MR) is 130 cm³/mol. The Labute approximate surface area is 208 Å². The van der Waals surface area contributed by atoms with Crippen molar-refractivity contribution in [3.63, 3.8) is 0 Å². The Morgan fingerprint density at radius 2 is 1.97 bits per heavy atom. The number of benzene rings is 1. The molecule has 3 aromatic rings. The first-order valence-corrected chi connectivity index (χ1v) is 11.7. The van der Waals surface area contributed by atoms with Gasteiger partial charge in [-0.25, -0.2) is 19.3 Å². The van der Waals surface area contributed by atoms with Gasteiger partial charge in [0.2, 0.25) is 18.1 Å². The summed E-state index contributed by atoms with van der Waals surface area (Å²) in [4.78, 5) is 29.4. The first kappa shape index (κ1) is 25.2. The maximum Gasteiger partial charge on any atom is 0.230 e. The zero-order valence-electron chi connectivity index (χ0n) is 20.2. The number of amides is 1. The second-order valence-electron chi connectivity index (χ2n) is 8.72. The molecule has 36 heavy (non-hydrogen) atoms. The number of ether oxygens (including phenoxy) is 2. The van der Waals surface area contributed by atoms with Crippen LogP contribution in [-0.2, 0) is 14.3 Å². The van der Waals surface area contributed by atoms with Gasteiger partial charge in [0, 0.05) is 24.8 Å². The summed E-state index contributed by atoms with van der Waals surface area (Å²) in [6.07, 6.45) is 1.97. The number of nitrogens with one attached hydrogen (secondary N) is 3. The molecule has 1 saturated heterocycles. The molecule has 0 atom stereocenters. The number of imidazole rings is 1. The lowest BCUT2D eigenvalue weighted by atomic mass is 9.91. The Morgan fingerprint density at radius 3 is 2.67 bits per heavy atom. The molecule has 0 aliphatic carbocycles. The number of carbonyl (C=O) groups is 1. The van der Waals surface area contributed by atoms with Gasteiger partial charge >= 0.3 is 0 Å². The van der Waals surface area contributed by atoms with Gasteiger partial charge in [-0.1, -0.05) is 6.92 Å². The fourth-order valence-electron chi connectivity index (χ4n) is 3.67. The van der Waals surface area contributed by atoms with Crippen LogP contribution in [0.1, 0.15) is 38.8 Å². The van der Waals surface area contributed by atoms with E-state index in [0.717, 1.165) is 13.0 Å². The number of H-pyrrole nitrogens is 1. The van der Waals surface area contributed by atoms with E-state index in [1.54, 1.807) is 31.3 Å². The first-order valence-electron chi connectivity index (χ1n) is 11.7. The van der Waals surface area contributed by atoms with Gasteiger partial charge in [0.15, 0.2) is 5.82 Å². The minimum atomic E-state index is -0.895. The molecular formula is C25H28FN7O3. The molecule has 1 amide bonds. The number of rotatable bonds is 9. The Kier molecular flexibility index (Phi) is 7.87. The molecule has 1 fully saturated rings. The third kappa shape index (κ3) is 5.67. The Morgan fingerprint density at radius 1 is 1.22 bits per heavy atom. The number of hydrogen-bond acceptors (Lipinski definition) is 8. The van der Waals surface area contributed by atoms with Gasteiger partial charge in [-0.3, -0.25) is 4.79 Å². The summed E-state index contributed by atoms with van der Waals surface area (Å²) in [6, 6.07) is 9.77. The monoisotopic (exact) mass is 493 g/mol. The SMILES string of the molecule is CCCNc1nccc(-c2[nH]c(C3OCC(C)(C(=O)NCCC#N)CO3)nc2-c2ccc(F)cc2)n1. The van der Waals surface area contributed by atoms with E-state index in [1.165, 1.54) is 12.1 Å². The standard InChI is InChI=1S/C25H28FN7O3/c1-3-11-29-24-30-13-9-18(31-24)20-19(16-5-7-17(26)8-6-16)32-21(33-20)22-35-14-25(2,15-36-22)23(34)28-12-4-10-27/h5-9,13,22H,3-4,11-12,14-15H2,1-2H3,(H,28,34)(H,32,33)(H,29,30,31). The predicted octanol–water partition coefficient (Wildman–Crippen LogP) is 3.58. The zero-order chi connectivity index (χ0) is 25.5. The van der Waals surface area contributed by atoms with Crippen LogP contribution >= 0.6 is 0 Å². The van der Waals surface area contributed by atoms with E-state index in [4.69, 9.17) is 19.7 Å². The number of nitriles is 1. The van der Waals surface area contributed by atoms with Gasteiger partial charge < -0.3 is 25.1 Å². The third-order valence-corrected chi connectivity index (χ3v) is 5.68. The molecule has 0 saturated carbocycles. The average molecular weight is 494 g/mol. The van der Waals surface area contributed by atoms with E-state index in [-0.39, 0.29) is 37.9 Å². The van der Waals surface area contributed by atoms with E-state index < -0.39 is 11.7 Å². The molecule has 10 nitrogen and oxygen atoms in total. The van der Waals surface area contributed by atoms with Crippen molar-refractivity contribution < 1.29 is 18.7 Å². The summed E-state index contributed by atoms with van der Waals surface area (Å²) in [5.74, 6) is 0.295. The maximum atomic E-state index is 13.6. The Bertz CT molecular complexity index is 1230. The summed E-state index contributed by atoms with van der Waals surface area (Å²) in [7, 11) is 0. The quantitative estimate of drug-likeness (QED) is 0.385. The average Bonchev–Trinajstić information content (AvgIpc) is 3.34. The highest BCUT2D eigenvalue weighted by molar-refractivity contribution is 5.82. The summed E-state index contributed by atoms with van der Waals surface area (Å²) < 4.78 is 25.4. The number of aromatic amines is 1. The van der Waals surface area contributed by atoms with Gasteiger partial charge in [-0.2, -0.15) is 5.26 Å². The zero-order valence-corrected chi connectivity index (χ0v) is 20.2. The minimum Gasteiger partial charge on any atom is -0.354 e. The van der Waals surface area contributed by atoms with Crippen molar-refractivity contribution >= 4 is 11.9 Å². The normalized spacial score (nSPS) is 19.4. The van der Waals surface area contributed by atoms with Crippen LogP contribution in [0.3, 0.4) is 0 Å². The number of nitrogens with zero attached hydrogens (tertiary/aromatic N) is 4. The van der Waals surface area contributed by atoms with Crippen molar-refractivity contribution in [2.45, 2.75) is 33.0 Å². The molecule has 3 N–H and O–H groups in total. The molecule has 0 radical (unpaired) electrons. The summed E-state index contributed by atoms with van der Waals surface area (Å²) >= 11 is 0. The number of halogens is 1. The second kappa shape index (κ2) is 11.2. The van der Waals surface area contributed by atoms with Crippen LogP contribution in [-0.4, -0.2) is 52.1 Å². The molecule has 0 bridgehead atoms. The maximum absolute atomic E-state index is 13.6. The van der Waals surface area contributed by atoms with Crippen LogP contribution in [0.5, 0.6) is 0 Å². The summed E-state index contributed by atoms with van der Waals surface area (Å²) in [5.41, 5.74) is 1.55. The molecule has 4 rings (SSSR count). The summed E-state index contributed by atoms with van der Waals surface area (Å²) in [5, 5.41) is 14.6. The number of anilines is 1. The van der Waals surface area contributed by atoms with Crippen molar-refractivity contribution in [2.24, 2.45) is 5.41 Å². The fourth-order valence-corrected chi connectivity index (χ4v) is 3.67. The third-order valence-electron chi connectivity index (χ3n) is 5.68. The molecular weight excluding hydrogens is 465 g/mol. The lowest BCUT2D eigenvalue weighted by Gasteiger charge is -2.35. The van der Waals surface area contributed by atoms with Crippen LogP contribution in [0.2, 0.25) is 0 Å².